The molecule has 3 heterocycles. The van der Waals surface area contributed by atoms with Gasteiger partial charge in [0.05, 0.1) is 36.3 Å². The lowest BCUT2D eigenvalue weighted by Gasteiger charge is -2.27. The van der Waals surface area contributed by atoms with Crippen molar-refractivity contribution in [2.24, 2.45) is 7.05 Å². The van der Waals surface area contributed by atoms with E-state index in [4.69, 9.17) is 14.7 Å². The van der Waals surface area contributed by atoms with Crippen molar-refractivity contribution < 1.29 is 9.53 Å². The SMILES string of the molecule is CNC(=O)c1ccc(Nc2cc(-c3ccc4ncn(C)c4c3)nc(N3CCOCC3)n2)cc1. The Morgan fingerprint density at radius 3 is 2.58 bits per heavy atom. The first kappa shape index (κ1) is 20.9. The molecule has 2 aromatic carbocycles. The zero-order valence-corrected chi connectivity index (χ0v) is 18.6. The minimum absolute atomic E-state index is 0.119. The number of carbonyl (C=O) groups excluding carboxylic acids is 1. The van der Waals surface area contributed by atoms with Crippen molar-refractivity contribution in [3.63, 3.8) is 0 Å². The lowest BCUT2D eigenvalue weighted by Crippen LogP contribution is -2.37. The second-order valence-electron chi connectivity index (χ2n) is 7.88. The second-order valence-corrected chi connectivity index (χ2v) is 7.88. The fourth-order valence-electron chi connectivity index (χ4n) is 3.83. The van der Waals surface area contributed by atoms with Crippen LogP contribution in [0.2, 0.25) is 0 Å². The lowest BCUT2D eigenvalue weighted by atomic mass is 10.1. The van der Waals surface area contributed by atoms with Crippen LogP contribution in [0.25, 0.3) is 22.3 Å². The predicted molar refractivity (Wildman–Crippen MR) is 128 cm³/mol. The van der Waals surface area contributed by atoms with Crippen LogP contribution in [0.5, 0.6) is 0 Å². The Hall–Kier alpha value is -3.98. The molecular weight excluding hydrogens is 418 g/mol. The van der Waals surface area contributed by atoms with E-state index >= 15 is 0 Å². The number of nitrogens with one attached hydrogen (secondary N) is 2. The number of aryl methyl sites for hydroxylation is 1. The molecule has 0 spiro atoms. The highest BCUT2D eigenvalue weighted by atomic mass is 16.5. The fraction of sp³-hybridized carbons (Fsp3) is 0.250. The number of carbonyl (C=O) groups is 1. The van der Waals surface area contributed by atoms with Crippen LogP contribution >= 0.6 is 0 Å². The van der Waals surface area contributed by atoms with Crippen molar-refractivity contribution in [3.05, 3.63) is 60.4 Å². The van der Waals surface area contributed by atoms with E-state index in [1.807, 2.05) is 48.3 Å². The fourth-order valence-corrected chi connectivity index (χ4v) is 3.83. The van der Waals surface area contributed by atoms with Gasteiger partial charge < -0.3 is 24.8 Å². The van der Waals surface area contributed by atoms with Gasteiger partial charge in [-0.25, -0.2) is 9.97 Å². The molecule has 4 aromatic rings. The van der Waals surface area contributed by atoms with Gasteiger partial charge in [0, 0.05) is 50.1 Å². The number of aromatic nitrogens is 4. The number of ether oxygens (including phenoxy) is 1. The van der Waals surface area contributed by atoms with E-state index < -0.39 is 0 Å². The van der Waals surface area contributed by atoms with Gasteiger partial charge in [-0.15, -0.1) is 0 Å². The van der Waals surface area contributed by atoms with Gasteiger partial charge in [0.15, 0.2) is 0 Å². The van der Waals surface area contributed by atoms with Crippen LogP contribution in [-0.4, -0.2) is 58.8 Å². The summed E-state index contributed by atoms with van der Waals surface area (Å²) in [7, 11) is 3.60. The maximum atomic E-state index is 11.8. The highest BCUT2D eigenvalue weighted by molar-refractivity contribution is 5.94. The number of benzene rings is 2. The summed E-state index contributed by atoms with van der Waals surface area (Å²) in [6.45, 7) is 2.78. The van der Waals surface area contributed by atoms with Crippen molar-refractivity contribution in [2.45, 2.75) is 0 Å². The molecule has 0 radical (unpaired) electrons. The molecule has 9 nitrogen and oxygen atoms in total. The highest BCUT2D eigenvalue weighted by Gasteiger charge is 2.17. The number of rotatable bonds is 5. The van der Waals surface area contributed by atoms with Gasteiger partial charge in [-0.1, -0.05) is 6.07 Å². The average Bonchev–Trinajstić information content (AvgIpc) is 3.24. The lowest BCUT2D eigenvalue weighted by molar-refractivity contribution is 0.0963. The summed E-state index contributed by atoms with van der Waals surface area (Å²) in [6, 6.07) is 15.4. The first-order valence-electron chi connectivity index (χ1n) is 10.8. The molecule has 0 saturated carbocycles. The molecule has 168 valence electrons. The molecule has 5 rings (SSSR count). The van der Waals surface area contributed by atoms with Gasteiger partial charge in [0.25, 0.3) is 5.91 Å². The summed E-state index contributed by atoms with van der Waals surface area (Å²) in [6.07, 6.45) is 1.81. The van der Waals surface area contributed by atoms with Crippen molar-refractivity contribution in [2.75, 3.05) is 43.6 Å². The molecule has 0 aliphatic carbocycles. The normalized spacial score (nSPS) is 13.8. The third-order valence-corrected chi connectivity index (χ3v) is 5.68. The second kappa shape index (κ2) is 8.87. The first-order chi connectivity index (χ1) is 16.1. The summed E-state index contributed by atoms with van der Waals surface area (Å²) >= 11 is 0. The largest absolute Gasteiger partial charge is 0.378 e. The van der Waals surface area contributed by atoms with E-state index in [0.717, 1.165) is 41.1 Å². The molecule has 33 heavy (non-hydrogen) atoms. The minimum atomic E-state index is -0.119. The van der Waals surface area contributed by atoms with Crippen LogP contribution in [0.1, 0.15) is 10.4 Å². The Morgan fingerprint density at radius 2 is 1.82 bits per heavy atom. The van der Waals surface area contributed by atoms with E-state index in [9.17, 15) is 4.79 Å². The number of hydrogen-bond acceptors (Lipinski definition) is 7. The predicted octanol–water partition coefficient (Wildman–Crippen LogP) is 2.97. The zero-order chi connectivity index (χ0) is 22.8. The monoisotopic (exact) mass is 443 g/mol. The van der Waals surface area contributed by atoms with Gasteiger partial charge >= 0.3 is 0 Å². The number of fused-ring (bicyclic) bond motifs is 1. The quantitative estimate of drug-likeness (QED) is 0.489. The maximum absolute atomic E-state index is 11.8. The molecule has 2 N–H and O–H groups in total. The molecule has 2 aromatic heterocycles. The number of amides is 1. The molecule has 0 atom stereocenters. The highest BCUT2D eigenvalue weighted by Crippen LogP contribution is 2.28. The van der Waals surface area contributed by atoms with Crippen LogP contribution in [-0.2, 0) is 11.8 Å². The van der Waals surface area contributed by atoms with Crippen molar-refractivity contribution in [1.82, 2.24) is 24.8 Å². The molecular formula is C24H25N7O2. The van der Waals surface area contributed by atoms with Crippen LogP contribution in [0.4, 0.5) is 17.5 Å². The molecule has 1 aliphatic heterocycles. The summed E-state index contributed by atoms with van der Waals surface area (Å²) in [5, 5.41) is 6.00. The summed E-state index contributed by atoms with van der Waals surface area (Å²) < 4.78 is 7.50. The molecule has 1 aliphatic rings. The summed E-state index contributed by atoms with van der Waals surface area (Å²) in [4.78, 5) is 28.0. The Labute approximate surface area is 191 Å². The molecule has 1 saturated heterocycles. The molecule has 1 amide bonds. The topological polar surface area (TPSA) is 97.2 Å². The smallest absolute Gasteiger partial charge is 0.251 e. The third-order valence-electron chi connectivity index (χ3n) is 5.68. The van der Waals surface area contributed by atoms with E-state index in [1.54, 1.807) is 19.2 Å². The number of morpholine rings is 1. The molecule has 9 heteroatoms. The van der Waals surface area contributed by atoms with Gasteiger partial charge in [-0.2, -0.15) is 4.98 Å². The third kappa shape index (κ3) is 4.35. The number of imidazole rings is 1. The Balaban J connectivity index is 1.52. The van der Waals surface area contributed by atoms with E-state index in [1.165, 1.54) is 0 Å². The van der Waals surface area contributed by atoms with Crippen molar-refractivity contribution in [3.8, 4) is 11.3 Å². The Morgan fingerprint density at radius 1 is 1.03 bits per heavy atom. The zero-order valence-electron chi connectivity index (χ0n) is 18.6. The van der Waals surface area contributed by atoms with Crippen LogP contribution in [0.3, 0.4) is 0 Å². The first-order valence-corrected chi connectivity index (χ1v) is 10.8. The Bertz CT molecular complexity index is 1290. The number of hydrogen-bond donors (Lipinski definition) is 2. The Kier molecular flexibility index (Phi) is 5.62. The van der Waals surface area contributed by atoms with Gasteiger partial charge in [0.1, 0.15) is 5.82 Å². The van der Waals surface area contributed by atoms with E-state index in [2.05, 4.69) is 26.6 Å². The van der Waals surface area contributed by atoms with Crippen LogP contribution in [0.15, 0.2) is 54.9 Å². The summed E-state index contributed by atoms with van der Waals surface area (Å²) in [5.41, 5.74) is 5.23. The van der Waals surface area contributed by atoms with Crippen molar-refractivity contribution >= 4 is 34.4 Å². The van der Waals surface area contributed by atoms with Crippen LogP contribution in [0, 0.1) is 0 Å². The van der Waals surface area contributed by atoms with Gasteiger partial charge in [-0.05, 0) is 36.4 Å². The number of anilines is 3. The molecule has 1 fully saturated rings. The van der Waals surface area contributed by atoms with E-state index in [0.29, 0.717) is 30.5 Å². The average molecular weight is 444 g/mol. The number of nitrogens with zero attached hydrogens (tertiary/aromatic N) is 5. The minimum Gasteiger partial charge on any atom is -0.378 e. The van der Waals surface area contributed by atoms with Crippen molar-refractivity contribution in [1.29, 1.82) is 0 Å². The van der Waals surface area contributed by atoms with E-state index in [-0.39, 0.29) is 5.91 Å². The van der Waals surface area contributed by atoms with Gasteiger partial charge in [-0.3, -0.25) is 4.79 Å². The molecule has 0 unspecified atom stereocenters. The van der Waals surface area contributed by atoms with Gasteiger partial charge in [0.2, 0.25) is 5.95 Å². The summed E-state index contributed by atoms with van der Waals surface area (Å²) in [5.74, 6) is 1.22. The maximum Gasteiger partial charge on any atom is 0.251 e. The molecule has 0 bridgehead atoms. The standard InChI is InChI=1S/C24H25N7O2/c1-25-23(32)16-3-6-18(7-4-16)27-22-14-20(28-24(29-22)31-9-11-33-12-10-31)17-5-8-19-21(13-17)30(2)15-26-19/h3-8,13-15H,9-12H2,1-2H3,(H,25,32)(H,27,28,29). The van der Waals surface area contributed by atoms with Crippen LogP contribution < -0.4 is 15.5 Å².